The zero-order chi connectivity index (χ0) is 18.0. The third-order valence-corrected chi connectivity index (χ3v) is 5.11. The van der Waals surface area contributed by atoms with Gasteiger partial charge in [-0.1, -0.05) is 41.7 Å². The van der Waals surface area contributed by atoms with Gasteiger partial charge in [0.2, 0.25) is 0 Å². The molecule has 6 heteroatoms. The normalized spacial score (nSPS) is 11.2. The first kappa shape index (κ1) is 17.1. The first-order valence-corrected chi connectivity index (χ1v) is 8.76. The number of benzene rings is 1. The fraction of sp³-hybridized carbons (Fsp3) is 0.211. The van der Waals surface area contributed by atoms with Gasteiger partial charge in [0.25, 0.3) is 0 Å². The molecule has 0 saturated heterocycles. The molecule has 5 nitrogen and oxygen atoms in total. The van der Waals surface area contributed by atoms with E-state index in [1.165, 1.54) is 0 Å². The second-order valence-electron chi connectivity index (χ2n) is 6.00. The van der Waals surface area contributed by atoms with E-state index in [4.69, 9.17) is 4.98 Å². The van der Waals surface area contributed by atoms with Crippen LogP contribution in [0, 0.1) is 0 Å². The van der Waals surface area contributed by atoms with Crippen molar-refractivity contribution in [2.75, 3.05) is 19.0 Å². The molecule has 0 atom stereocenters. The Morgan fingerprint density at radius 1 is 1.16 bits per heavy atom. The molecule has 128 valence electrons. The van der Waals surface area contributed by atoms with Crippen LogP contribution in [-0.2, 0) is 14.1 Å². The summed E-state index contributed by atoms with van der Waals surface area (Å²) in [5.41, 5.74) is 2.84. The number of thiazole rings is 1. The Morgan fingerprint density at radius 2 is 1.88 bits per heavy atom. The van der Waals surface area contributed by atoms with Gasteiger partial charge in [-0.25, -0.2) is 9.55 Å². The molecule has 3 rings (SSSR count). The highest BCUT2D eigenvalue weighted by Crippen LogP contribution is 2.33. The van der Waals surface area contributed by atoms with Crippen LogP contribution in [0.15, 0.2) is 47.4 Å². The molecule has 1 aromatic carbocycles. The van der Waals surface area contributed by atoms with Crippen molar-refractivity contribution in [1.82, 2.24) is 9.55 Å². The van der Waals surface area contributed by atoms with Crippen LogP contribution in [0.4, 0.5) is 5.13 Å². The van der Waals surface area contributed by atoms with Gasteiger partial charge in [0, 0.05) is 25.7 Å². The average Bonchev–Trinajstić information content (AvgIpc) is 3.04. The lowest BCUT2D eigenvalue weighted by Crippen LogP contribution is -2.50. The fourth-order valence-electron chi connectivity index (χ4n) is 2.47. The SMILES string of the molecule is CN(C)c1nc(-c2ccccc2)c(/C=C/c2cc[n+](C)c(=O)n2C)s1. The van der Waals surface area contributed by atoms with Gasteiger partial charge in [0.05, 0.1) is 30.9 Å². The topological polar surface area (TPSA) is 42.0 Å². The van der Waals surface area contributed by atoms with Crippen molar-refractivity contribution in [3.05, 3.63) is 63.7 Å². The predicted molar refractivity (Wildman–Crippen MR) is 104 cm³/mol. The lowest BCUT2D eigenvalue weighted by Gasteiger charge is -2.05. The molecule has 0 spiro atoms. The summed E-state index contributed by atoms with van der Waals surface area (Å²) in [7, 11) is 7.50. The van der Waals surface area contributed by atoms with E-state index in [0.717, 1.165) is 27.0 Å². The van der Waals surface area contributed by atoms with Crippen molar-refractivity contribution in [1.29, 1.82) is 0 Å². The molecule has 0 unspecified atom stereocenters. The van der Waals surface area contributed by atoms with Gasteiger partial charge in [-0.2, -0.15) is 9.36 Å². The number of hydrogen-bond acceptors (Lipinski definition) is 4. The molecule has 0 N–H and O–H groups in total. The van der Waals surface area contributed by atoms with E-state index in [9.17, 15) is 4.79 Å². The van der Waals surface area contributed by atoms with Crippen molar-refractivity contribution in [3.63, 3.8) is 0 Å². The molecular formula is C19H21N4OS+. The van der Waals surface area contributed by atoms with Crippen molar-refractivity contribution < 1.29 is 4.57 Å². The van der Waals surface area contributed by atoms with Crippen LogP contribution in [0.2, 0.25) is 0 Å². The third kappa shape index (κ3) is 3.53. The van der Waals surface area contributed by atoms with Gasteiger partial charge < -0.3 is 4.90 Å². The molecule has 25 heavy (non-hydrogen) atoms. The van der Waals surface area contributed by atoms with Gasteiger partial charge in [-0.15, -0.1) is 0 Å². The minimum Gasteiger partial charge on any atom is -0.354 e. The van der Waals surface area contributed by atoms with Crippen molar-refractivity contribution in [3.8, 4) is 11.3 Å². The first-order valence-electron chi connectivity index (χ1n) is 7.94. The number of aryl methyl sites for hydroxylation is 1. The molecule has 2 aromatic heterocycles. The van der Waals surface area contributed by atoms with Crippen molar-refractivity contribution in [2.45, 2.75) is 0 Å². The number of rotatable bonds is 4. The minimum atomic E-state index is -0.0521. The Kier molecular flexibility index (Phi) is 4.81. The van der Waals surface area contributed by atoms with Crippen LogP contribution in [0.3, 0.4) is 0 Å². The number of nitrogens with zero attached hydrogens (tertiary/aromatic N) is 4. The summed E-state index contributed by atoms with van der Waals surface area (Å²) in [5.74, 6) is 0. The maximum absolute atomic E-state index is 12.1. The Bertz CT molecular complexity index is 971. The Balaban J connectivity index is 2.05. The summed E-state index contributed by atoms with van der Waals surface area (Å²) in [4.78, 5) is 19.9. The van der Waals surface area contributed by atoms with Crippen LogP contribution < -0.4 is 15.2 Å². The molecular weight excluding hydrogens is 332 g/mol. The van der Waals surface area contributed by atoms with Gasteiger partial charge in [-0.3, -0.25) is 0 Å². The molecule has 0 fully saturated rings. The number of aromatic nitrogens is 3. The zero-order valence-corrected chi connectivity index (χ0v) is 15.6. The molecule has 0 aliphatic rings. The van der Waals surface area contributed by atoms with Crippen molar-refractivity contribution >= 4 is 28.6 Å². The fourth-order valence-corrected chi connectivity index (χ4v) is 3.38. The standard InChI is InChI=1S/C19H21N4OS/c1-21(2)18-20-17(14-8-6-5-7-9-14)16(25-18)11-10-15-12-13-22(3)19(24)23(15)4/h5-13H,1-4H3/q+1. The summed E-state index contributed by atoms with van der Waals surface area (Å²) in [6, 6.07) is 12.1. The monoisotopic (exact) mass is 353 g/mol. The van der Waals surface area contributed by atoms with E-state index in [-0.39, 0.29) is 5.69 Å². The largest absolute Gasteiger partial charge is 0.497 e. The van der Waals surface area contributed by atoms with Crippen LogP contribution in [0.5, 0.6) is 0 Å². The Labute approximate surface area is 151 Å². The maximum Gasteiger partial charge on any atom is 0.497 e. The Hall–Kier alpha value is -2.73. The lowest BCUT2D eigenvalue weighted by molar-refractivity contribution is -0.690. The zero-order valence-electron chi connectivity index (χ0n) is 14.8. The summed E-state index contributed by atoms with van der Waals surface area (Å²) < 4.78 is 3.19. The van der Waals surface area contributed by atoms with E-state index in [1.54, 1.807) is 40.8 Å². The third-order valence-electron chi connectivity index (χ3n) is 3.92. The number of hydrogen-bond donors (Lipinski definition) is 0. The number of anilines is 1. The molecule has 0 aliphatic carbocycles. The summed E-state index contributed by atoms with van der Waals surface area (Å²) in [6.07, 6.45) is 5.76. The molecule has 0 bridgehead atoms. The highest BCUT2D eigenvalue weighted by Gasteiger charge is 2.13. The molecule has 0 amide bonds. The molecule has 3 aromatic rings. The van der Waals surface area contributed by atoms with Gasteiger partial charge in [0.1, 0.15) is 5.69 Å². The summed E-state index contributed by atoms with van der Waals surface area (Å²) >= 11 is 1.63. The smallest absolute Gasteiger partial charge is 0.354 e. The maximum atomic E-state index is 12.1. The van der Waals surface area contributed by atoms with E-state index in [1.807, 2.05) is 55.4 Å². The highest BCUT2D eigenvalue weighted by molar-refractivity contribution is 7.17. The van der Waals surface area contributed by atoms with Gasteiger partial charge in [0.15, 0.2) is 5.13 Å². The van der Waals surface area contributed by atoms with Crippen LogP contribution >= 0.6 is 11.3 Å². The summed E-state index contributed by atoms with van der Waals surface area (Å²) in [6.45, 7) is 0. The van der Waals surface area contributed by atoms with Crippen LogP contribution in [0.25, 0.3) is 23.4 Å². The van der Waals surface area contributed by atoms with Gasteiger partial charge in [-0.05, 0) is 12.2 Å². The molecule has 0 radical (unpaired) electrons. The predicted octanol–water partition coefficient (Wildman–Crippen LogP) is 2.57. The second-order valence-corrected chi connectivity index (χ2v) is 7.01. The van der Waals surface area contributed by atoms with E-state index >= 15 is 0 Å². The highest BCUT2D eigenvalue weighted by atomic mass is 32.1. The quantitative estimate of drug-likeness (QED) is 0.677. The van der Waals surface area contributed by atoms with Crippen LogP contribution in [0.1, 0.15) is 10.6 Å². The van der Waals surface area contributed by atoms with E-state index < -0.39 is 0 Å². The van der Waals surface area contributed by atoms with E-state index in [2.05, 4.69) is 12.1 Å². The van der Waals surface area contributed by atoms with Crippen LogP contribution in [-0.4, -0.2) is 23.6 Å². The van der Waals surface area contributed by atoms with Gasteiger partial charge >= 0.3 is 5.69 Å². The molecule has 0 saturated carbocycles. The summed E-state index contributed by atoms with van der Waals surface area (Å²) in [5, 5.41) is 0.951. The lowest BCUT2D eigenvalue weighted by atomic mass is 10.1. The second kappa shape index (κ2) is 7.03. The molecule has 2 heterocycles. The Morgan fingerprint density at radius 3 is 2.56 bits per heavy atom. The van der Waals surface area contributed by atoms with Crippen molar-refractivity contribution in [2.24, 2.45) is 14.1 Å². The van der Waals surface area contributed by atoms with E-state index in [0.29, 0.717) is 0 Å². The first-order chi connectivity index (χ1) is 12.0. The minimum absolute atomic E-state index is 0.0521. The average molecular weight is 353 g/mol. The molecule has 0 aliphatic heterocycles.